The second-order valence-corrected chi connectivity index (χ2v) is 6.42. The van der Waals surface area contributed by atoms with E-state index in [1.807, 2.05) is 0 Å². The molecule has 1 fully saturated rings. The lowest BCUT2D eigenvalue weighted by Crippen LogP contribution is -2.51. The molecule has 2 aliphatic rings. The minimum atomic E-state index is -1.07. The fourth-order valence-electron chi connectivity index (χ4n) is 3.16. The number of hydrogen-bond acceptors (Lipinski definition) is 4. The maximum atomic E-state index is 12.7. The van der Waals surface area contributed by atoms with Crippen molar-refractivity contribution in [3.05, 3.63) is 28.8 Å². The van der Waals surface area contributed by atoms with Gasteiger partial charge >= 0.3 is 5.97 Å². The highest BCUT2D eigenvalue weighted by molar-refractivity contribution is 6.31. The molecule has 1 aromatic carbocycles. The zero-order chi connectivity index (χ0) is 18.1. The van der Waals surface area contributed by atoms with Gasteiger partial charge in [0.2, 0.25) is 11.8 Å². The van der Waals surface area contributed by atoms with Crippen LogP contribution in [0.1, 0.15) is 29.6 Å². The molecule has 0 aromatic heterocycles. The molecule has 1 aromatic rings. The van der Waals surface area contributed by atoms with E-state index in [4.69, 9.17) is 16.7 Å². The third kappa shape index (κ3) is 3.43. The van der Waals surface area contributed by atoms with Crippen LogP contribution in [0.3, 0.4) is 0 Å². The van der Waals surface area contributed by atoms with Crippen LogP contribution in [0.15, 0.2) is 18.2 Å². The van der Waals surface area contributed by atoms with Gasteiger partial charge in [-0.1, -0.05) is 11.6 Å². The molecule has 2 atom stereocenters. The summed E-state index contributed by atoms with van der Waals surface area (Å²) >= 11 is 5.92. The summed E-state index contributed by atoms with van der Waals surface area (Å²) in [5, 5.41) is 14.4. The van der Waals surface area contributed by atoms with Crippen LogP contribution in [0.25, 0.3) is 0 Å². The van der Waals surface area contributed by atoms with Crippen molar-refractivity contribution in [3.8, 4) is 0 Å². The molecule has 25 heavy (non-hydrogen) atoms. The maximum Gasteiger partial charge on any atom is 0.303 e. The number of carboxylic acid groups (broad SMARTS) is 1. The molecule has 8 nitrogen and oxygen atoms in total. The second kappa shape index (κ2) is 6.72. The fraction of sp³-hybridized carbons (Fsp3) is 0.375. The molecular formula is C16H16ClN3O5. The van der Waals surface area contributed by atoms with Crippen LogP contribution >= 0.6 is 11.6 Å². The van der Waals surface area contributed by atoms with E-state index in [9.17, 15) is 19.2 Å². The standard InChI is InChI=1S/C16H16ClN3O5/c17-8-1-2-9-11(7-8)19-15(24)14-10(5-6-20(14)16(9)25)18-12(21)3-4-13(22)23/h1-2,7,10,14H,3-6H2,(H,18,21)(H,19,24)(H,22,23)/t10-,14+/m0/s1. The van der Waals surface area contributed by atoms with Crippen molar-refractivity contribution in [1.29, 1.82) is 0 Å². The summed E-state index contributed by atoms with van der Waals surface area (Å²) in [7, 11) is 0. The topological polar surface area (TPSA) is 116 Å². The van der Waals surface area contributed by atoms with E-state index in [1.54, 1.807) is 12.1 Å². The van der Waals surface area contributed by atoms with Gasteiger partial charge in [0.1, 0.15) is 6.04 Å². The van der Waals surface area contributed by atoms with Crippen molar-refractivity contribution in [1.82, 2.24) is 10.2 Å². The molecule has 0 spiro atoms. The van der Waals surface area contributed by atoms with Gasteiger partial charge in [0, 0.05) is 18.0 Å². The SMILES string of the molecule is O=C(O)CCC(=O)N[C@H]1CCN2C(=O)c3ccc(Cl)cc3NC(=O)[C@@H]12. The molecule has 0 saturated carbocycles. The molecule has 0 bridgehead atoms. The Balaban J connectivity index is 1.79. The van der Waals surface area contributed by atoms with Gasteiger partial charge in [0.05, 0.1) is 23.7 Å². The Labute approximate surface area is 148 Å². The van der Waals surface area contributed by atoms with E-state index in [2.05, 4.69) is 10.6 Å². The number of amides is 3. The van der Waals surface area contributed by atoms with Crippen LogP contribution in [0.5, 0.6) is 0 Å². The largest absolute Gasteiger partial charge is 0.481 e. The van der Waals surface area contributed by atoms with Crippen LogP contribution in [0, 0.1) is 0 Å². The van der Waals surface area contributed by atoms with E-state index in [0.29, 0.717) is 29.2 Å². The predicted molar refractivity (Wildman–Crippen MR) is 88.3 cm³/mol. The number of benzene rings is 1. The Kier molecular flexibility index (Phi) is 4.63. The molecule has 0 aliphatic carbocycles. The van der Waals surface area contributed by atoms with Crippen molar-refractivity contribution in [3.63, 3.8) is 0 Å². The van der Waals surface area contributed by atoms with Gasteiger partial charge in [-0.3, -0.25) is 19.2 Å². The molecule has 2 aliphatic heterocycles. The smallest absolute Gasteiger partial charge is 0.303 e. The Bertz CT molecular complexity index is 766. The summed E-state index contributed by atoms with van der Waals surface area (Å²) < 4.78 is 0. The van der Waals surface area contributed by atoms with Gasteiger partial charge in [-0.15, -0.1) is 0 Å². The zero-order valence-corrected chi connectivity index (χ0v) is 13.9. The molecule has 3 amide bonds. The van der Waals surface area contributed by atoms with Crippen molar-refractivity contribution < 1.29 is 24.3 Å². The van der Waals surface area contributed by atoms with Gasteiger partial charge in [0.15, 0.2) is 0 Å². The van der Waals surface area contributed by atoms with Crippen molar-refractivity contribution in [2.75, 3.05) is 11.9 Å². The average molecular weight is 366 g/mol. The molecule has 3 rings (SSSR count). The number of carbonyl (C=O) groups is 4. The van der Waals surface area contributed by atoms with Crippen LogP contribution in [-0.2, 0) is 14.4 Å². The molecule has 1 saturated heterocycles. The van der Waals surface area contributed by atoms with Gasteiger partial charge in [-0.25, -0.2) is 0 Å². The summed E-state index contributed by atoms with van der Waals surface area (Å²) in [5.41, 5.74) is 0.686. The van der Waals surface area contributed by atoms with Gasteiger partial charge in [0.25, 0.3) is 5.91 Å². The lowest BCUT2D eigenvalue weighted by molar-refractivity contribution is -0.139. The maximum absolute atomic E-state index is 12.7. The lowest BCUT2D eigenvalue weighted by atomic mass is 10.1. The minimum absolute atomic E-state index is 0.177. The second-order valence-electron chi connectivity index (χ2n) is 5.98. The van der Waals surface area contributed by atoms with Gasteiger partial charge < -0.3 is 20.6 Å². The van der Waals surface area contributed by atoms with E-state index in [0.717, 1.165) is 0 Å². The number of carbonyl (C=O) groups excluding carboxylic acids is 3. The third-order valence-corrected chi connectivity index (χ3v) is 4.54. The molecule has 3 N–H and O–H groups in total. The van der Waals surface area contributed by atoms with Crippen molar-refractivity contribution in [2.45, 2.75) is 31.3 Å². The quantitative estimate of drug-likeness (QED) is 0.731. The summed E-state index contributed by atoms with van der Waals surface area (Å²) in [6.45, 7) is 0.322. The summed E-state index contributed by atoms with van der Waals surface area (Å²) in [5.74, 6) is -2.25. The number of rotatable bonds is 4. The number of carboxylic acids is 1. The van der Waals surface area contributed by atoms with Crippen LogP contribution in [0.4, 0.5) is 5.69 Å². The van der Waals surface area contributed by atoms with E-state index in [-0.39, 0.29) is 18.7 Å². The molecule has 9 heteroatoms. The number of aliphatic carboxylic acids is 1. The monoisotopic (exact) mass is 365 g/mol. The number of anilines is 1. The Morgan fingerprint density at radius 1 is 1.32 bits per heavy atom. The molecule has 132 valence electrons. The predicted octanol–water partition coefficient (Wildman–Crippen LogP) is 0.856. The molecule has 0 radical (unpaired) electrons. The first-order valence-corrected chi connectivity index (χ1v) is 8.17. The molecular weight excluding hydrogens is 350 g/mol. The van der Waals surface area contributed by atoms with Gasteiger partial charge in [-0.05, 0) is 24.6 Å². The number of nitrogens with zero attached hydrogens (tertiary/aromatic N) is 1. The van der Waals surface area contributed by atoms with Crippen LogP contribution in [0.2, 0.25) is 5.02 Å². The normalized spacial score (nSPS) is 21.9. The number of halogens is 1. The van der Waals surface area contributed by atoms with Gasteiger partial charge in [-0.2, -0.15) is 0 Å². The summed E-state index contributed by atoms with van der Waals surface area (Å²) in [4.78, 5) is 49.2. The molecule has 0 unspecified atom stereocenters. The summed E-state index contributed by atoms with van der Waals surface area (Å²) in [6, 6.07) is 3.24. The van der Waals surface area contributed by atoms with Crippen molar-refractivity contribution >= 4 is 41.0 Å². The first kappa shape index (κ1) is 17.2. The van der Waals surface area contributed by atoms with E-state index < -0.39 is 29.9 Å². The Hall–Kier alpha value is -2.61. The summed E-state index contributed by atoms with van der Waals surface area (Å²) in [6.07, 6.45) is -0.0441. The molecule has 2 heterocycles. The average Bonchev–Trinajstić information content (AvgIpc) is 2.92. The first-order chi connectivity index (χ1) is 11.9. The number of hydrogen-bond donors (Lipinski definition) is 3. The fourth-order valence-corrected chi connectivity index (χ4v) is 3.33. The number of fused-ring (bicyclic) bond motifs is 2. The Morgan fingerprint density at radius 3 is 2.80 bits per heavy atom. The third-order valence-electron chi connectivity index (χ3n) is 4.31. The highest BCUT2D eigenvalue weighted by Gasteiger charge is 2.45. The minimum Gasteiger partial charge on any atom is -0.481 e. The highest BCUT2D eigenvalue weighted by atomic mass is 35.5. The van der Waals surface area contributed by atoms with Crippen molar-refractivity contribution in [2.24, 2.45) is 0 Å². The van der Waals surface area contributed by atoms with Crippen LogP contribution < -0.4 is 10.6 Å². The first-order valence-electron chi connectivity index (χ1n) is 7.79. The number of nitrogens with one attached hydrogen (secondary N) is 2. The zero-order valence-electron chi connectivity index (χ0n) is 13.1. The lowest BCUT2D eigenvalue weighted by Gasteiger charge is -2.24. The highest BCUT2D eigenvalue weighted by Crippen LogP contribution is 2.30. The Morgan fingerprint density at radius 2 is 2.08 bits per heavy atom. The van der Waals surface area contributed by atoms with Crippen LogP contribution in [-0.4, -0.2) is 52.3 Å². The van der Waals surface area contributed by atoms with E-state index >= 15 is 0 Å². The van der Waals surface area contributed by atoms with E-state index in [1.165, 1.54) is 11.0 Å².